The number of ether oxygens (including phenoxy) is 2. The number of fused-ring (bicyclic) bond motifs is 1. The van der Waals surface area contributed by atoms with E-state index < -0.39 is 5.92 Å². The monoisotopic (exact) mass is 398 g/mol. The Morgan fingerprint density at radius 3 is 2.62 bits per heavy atom. The van der Waals surface area contributed by atoms with E-state index in [-0.39, 0.29) is 23.9 Å². The van der Waals surface area contributed by atoms with Gasteiger partial charge >= 0.3 is 5.97 Å². The first-order valence-corrected chi connectivity index (χ1v) is 10.2. The van der Waals surface area contributed by atoms with Crippen LogP contribution in [-0.4, -0.2) is 36.6 Å². The van der Waals surface area contributed by atoms with Gasteiger partial charge in [-0.1, -0.05) is 12.2 Å². The summed E-state index contributed by atoms with van der Waals surface area (Å²) in [4.78, 5) is 28.6. The number of nitrogens with one attached hydrogen (secondary N) is 2. The second-order valence-electron chi connectivity index (χ2n) is 7.82. The third kappa shape index (κ3) is 4.81. The molecule has 6 nitrogen and oxygen atoms in total. The summed E-state index contributed by atoms with van der Waals surface area (Å²) in [7, 11) is 1.65. The van der Waals surface area contributed by atoms with Crippen molar-refractivity contribution in [3.05, 3.63) is 41.6 Å². The Kier molecular flexibility index (Phi) is 6.62. The fraction of sp³-hybridized carbons (Fsp3) is 0.478. The van der Waals surface area contributed by atoms with E-state index in [1.807, 2.05) is 51.1 Å². The average Bonchev–Trinajstić information content (AvgIpc) is 3.01. The van der Waals surface area contributed by atoms with E-state index in [0.29, 0.717) is 25.8 Å². The van der Waals surface area contributed by atoms with Gasteiger partial charge in [-0.05, 0) is 63.8 Å². The molecule has 3 rings (SSSR count). The van der Waals surface area contributed by atoms with Crippen molar-refractivity contribution >= 4 is 22.8 Å². The van der Waals surface area contributed by atoms with Gasteiger partial charge in [-0.2, -0.15) is 0 Å². The number of carbonyl (C=O) groups is 2. The van der Waals surface area contributed by atoms with Gasteiger partial charge in [0.1, 0.15) is 5.75 Å². The third-order valence-electron chi connectivity index (χ3n) is 5.42. The molecule has 29 heavy (non-hydrogen) atoms. The topological polar surface area (TPSA) is 80.4 Å². The van der Waals surface area contributed by atoms with Crippen molar-refractivity contribution in [2.24, 2.45) is 11.8 Å². The lowest BCUT2D eigenvalue weighted by atomic mass is 9.82. The number of hydrogen-bond donors (Lipinski definition) is 2. The lowest BCUT2D eigenvalue weighted by molar-refractivity contribution is -0.156. The lowest BCUT2D eigenvalue weighted by Gasteiger charge is -2.26. The predicted octanol–water partition coefficient (Wildman–Crippen LogP) is 3.68. The van der Waals surface area contributed by atoms with Crippen LogP contribution in [-0.2, 0) is 20.7 Å². The Balaban J connectivity index is 1.64. The zero-order chi connectivity index (χ0) is 21.0. The van der Waals surface area contributed by atoms with Crippen molar-refractivity contribution in [3.8, 4) is 5.75 Å². The van der Waals surface area contributed by atoms with Crippen molar-refractivity contribution in [1.29, 1.82) is 0 Å². The molecule has 1 amide bonds. The molecule has 1 aliphatic rings. The highest BCUT2D eigenvalue weighted by Gasteiger charge is 2.35. The van der Waals surface area contributed by atoms with Gasteiger partial charge in [0.05, 0.1) is 25.0 Å². The number of aromatic nitrogens is 1. The number of methoxy groups -OCH3 is 1. The minimum absolute atomic E-state index is 0.0878. The second-order valence-corrected chi connectivity index (χ2v) is 7.82. The molecule has 2 aromatic rings. The molecule has 0 bridgehead atoms. The van der Waals surface area contributed by atoms with Gasteiger partial charge in [0.2, 0.25) is 5.91 Å². The van der Waals surface area contributed by atoms with Crippen LogP contribution in [0.3, 0.4) is 0 Å². The van der Waals surface area contributed by atoms with Gasteiger partial charge in [-0.3, -0.25) is 9.59 Å². The largest absolute Gasteiger partial charge is 0.497 e. The Hall–Kier alpha value is -2.76. The van der Waals surface area contributed by atoms with Crippen LogP contribution in [0.4, 0.5) is 0 Å². The molecular formula is C23H30N2O4. The van der Waals surface area contributed by atoms with Crippen LogP contribution >= 0.6 is 0 Å². The summed E-state index contributed by atoms with van der Waals surface area (Å²) in [5, 5.41) is 4.13. The van der Waals surface area contributed by atoms with E-state index in [1.165, 1.54) is 5.56 Å². The highest BCUT2D eigenvalue weighted by atomic mass is 16.5. The summed E-state index contributed by atoms with van der Waals surface area (Å²) < 4.78 is 10.7. The van der Waals surface area contributed by atoms with E-state index in [0.717, 1.165) is 22.3 Å². The summed E-state index contributed by atoms with van der Waals surface area (Å²) >= 11 is 0. The molecule has 2 N–H and O–H groups in total. The van der Waals surface area contributed by atoms with E-state index >= 15 is 0 Å². The van der Waals surface area contributed by atoms with Gasteiger partial charge in [0.25, 0.3) is 0 Å². The number of rotatable bonds is 7. The molecule has 1 aromatic carbocycles. The molecule has 1 aromatic heterocycles. The average molecular weight is 399 g/mol. The molecule has 6 heteroatoms. The van der Waals surface area contributed by atoms with E-state index in [2.05, 4.69) is 10.3 Å². The molecule has 0 fully saturated rings. The molecule has 0 radical (unpaired) electrons. The fourth-order valence-electron chi connectivity index (χ4n) is 3.94. The molecule has 0 saturated carbocycles. The Morgan fingerprint density at radius 1 is 1.21 bits per heavy atom. The van der Waals surface area contributed by atoms with Crippen LogP contribution in [0.5, 0.6) is 5.75 Å². The predicted molar refractivity (Wildman–Crippen MR) is 113 cm³/mol. The first kappa shape index (κ1) is 21.0. The van der Waals surface area contributed by atoms with Gasteiger partial charge in [-0.15, -0.1) is 0 Å². The molecule has 2 atom stereocenters. The molecule has 0 aliphatic heterocycles. The fourth-order valence-corrected chi connectivity index (χ4v) is 3.94. The number of aromatic amines is 1. The number of carbonyl (C=O) groups excluding carboxylic acids is 2. The number of benzene rings is 1. The lowest BCUT2D eigenvalue weighted by Crippen LogP contribution is -2.40. The second kappa shape index (κ2) is 9.16. The van der Waals surface area contributed by atoms with Crippen LogP contribution < -0.4 is 10.1 Å². The summed E-state index contributed by atoms with van der Waals surface area (Å²) in [5.41, 5.74) is 3.30. The van der Waals surface area contributed by atoms with Crippen molar-refractivity contribution < 1.29 is 19.1 Å². The standard InChI is InChI=1S/C23H30N2O4/c1-14(2)29-23(27)19-8-6-5-7-18(19)22(26)24-12-11-17-15(3)25-21-10-9-16(28-4)13-20(17)21/h5-6,9-10,13-14,18-19,25H,7-8,11-12H2,1-4H3,(H,24,26)/t18-,19-/m1/s1. The van der Waals surface area contributed by atoms with Crippen molar-refractivity contribution in [2.75, 3.05) is 13.7 Å². The van der Waals surface area contributed by atoms with E-state index in [4.69, 9.17) is 9.47 Å². The number of amides is 1. The zero-order valence-electron chi connectivity index (χ0n) is 17.6. The summed E-state index contributed by atoms with van der Waals surface area (Å²) in [5.74, 6) is -0.363. The maximum Gasteiger partial charge on any atom is 0.310 e. The maximum atomic E-state index is 12.8. The summed E-state index contributed by atoms with van der Waals surface area (Å²) in [6.45, 7) is 6.19. The van der Waals surface area contributed by atoms with Crippen molar-refractivity contribution in [1.82, 2.24) is 10.3 Å². The molecule has 1 aliphatic carbocycles. The van der Waals surface area contributed by atoms with Crippen LogP contribution in [0.25, 0.3) is 10.9 Å². The summed E-state index contributed by atoms with van der Waals surface area (Å²) in [6.07, 6.45) is 5.56. The minimum Gasteiger partial charge on any atom is -0.497 e. The molecule has 0 spiro atoms. The quantitative estimate of drug-likeness (QED) is 0.551. The van der Waals surface area contributed by atoms with Crippen molar-refractivity contribution in [3.63, 3.8) is 0 Å². The molecule has 0 unspecified atom stereocenters. The first-order valence-electron chi connectivity index (χ1n) is 10.2. The molecule has 1 heterocycles. The Bertz CT molecular complexity index is 913. The molecule has 0 saturated heterocycles. The van der Waals surface area contributed by atoms with Crippen LogP contribution in [0.1, 0.15) is 37.9 Å². The van der Waals surface area contributed by atoms with Gasteiger partial charge in [0.15, 0.2) is 0 Å². The number of aryl methyl sites for hydroxylation is 1. The summed E-state index contributed by atoms with van der Waals surface area (Å²) in [6, 6.07) is 5.94. The van der Waals surface area contributed by atoms with E-state index in [9.17, 15) is 9.59 Å². The minimum atomic E-state index is -0.415. The first-order chi connectivity index (χ1) is 13.9. The Morgan fingerprint density at radius 2 is 1.93 bits per heavy atom. The SMILES string of the molecule is COc1ccc2[nH]c(C)c(CCNC(=O)[C@@H]3CC=CC[C@H]3C(=O)OC(C)C)c2c1. The number of hydrogen-bond acceptors (Lipinski definition) is 4. The van der Waals surface area contributed by atoms with Gasteiger partial charge in [0, 0.05) is 23.1 Å². The maximum absolute atomic E-state index is 12.8. The zero-order valence-corrected chi connectivity index (χ0v) is 17.6. The number of H-pyrrole nitrogens is 1. The number of allylic oxidation sites excluding steroid dienone is 2. The van der Waals surface area contributed by atoms with Crippen LogP contribution in [0.2, 0.25) is 0 Å². The van der Waals surface area contributed by atoms with E-state index in [1.54, 1.807) is 7.11 Å². The third-order valence-corrected chi connectivity index (χ3v) is 5.42. The van der Waals surface area contributed by atoms with Crippen molar-refractivity contribution in [2.45, 2.75) is 46.1 Å². The smallest absolute Gasteiger partial charge is 0.310 e. The highest BCUT2D eigenvalue weighted by Crippen LogP contribution is 2.28. The van der Waals surface area contributed by atoms with Gasteiger partial charge in [-0.25, -0.2) is 0 Å². The Labute approximate surface area is 171 Å². The van der Waals surface area contributed by atoms with Crippen LogP contribution in [0, 0.1) is 18.8 Å². The highest BCUT2D eigenvalue weighted by molar-refractivity contribution is 5.87. The van der Waals surface area contributed by atoms with Crippen LogP contribution in [0.15, 0.2) is 30.4 Å². The molecule has 156 valence electrons. The molecular weight excluding hydrogens is 368 g/mol. The number of esters is 1. The van der Waals surface area contributed by atoms with Gasteiger partial charge < -0.3 is 19.8 Å². The normalized spacial score (nSPS) is 18.8.